The number of ketones is 1. The van der Waals surface area contributed by atoms with E-state index in [2.05, 4.69) is 10.2 Å². The number of Topliss-reactive ketones (excluding diaryl/α,β-unsaturated/α-hetero) is 1. The van der Waals surface area contributed by atoms with Gasteiger partial charge in [-0.1, -0.05) is 29.8 Å². The Morgan fingerprint density at radius 2 is 1.62 bits per heavy atom. The van der Waals surface area contributed by atoms with E-state index in [1.54, 1.807) is 19.1 Å². The van der Waals surface area contributed by atoms with Crippen LogP contribution in [0.3, 0.4) is 0 Å². The molecule has 0 bridgehead atoms. The molecule has 0 aliphatic heterocycles. The summed E-state index contributed by atoms with van der Waals surface area (Å²) < 4.78 is 43.5. The zero-order valence-electron chi connectivity index (χ0n) is 13.9. The molecule has 2 rings (SSSR count). The van der Waals surface area contributed by atoms with Crippen molar-refractivity contribution in [3.63, 3.8) is 0 Å². The summed E-state index contributed by atoms with van der Waals surface area (Å²) in [6.45, 7) is 1.77. The molecule has 0 fully saturated rings. The fourth-order valence-electron chi connectivity index (χ4n) is 1.94. The molecular weight excluding hydrogens is 349 g/mol. The molecule has 0 aliphatic rings. The van der Waals surface area contributed by atoms with E-state index in [0.29, 0.717) is 5.75 Å². The summed E-state index contributed by atoms with van der Waals surface area (Å²) in [5.74, 6) is -2.66. The summed E-state index contributed by atoms with van der Waals surface area (Å²) in [4.78, 5) is 11.7. The van der Waals surface area contributed by atoms with Crippen LogP contribution in [0, 0.1) is 6.92 Å². The molecular formula is C18H15F3N2O3. The van der Waals surface area contributed by atoms with Gasteiger partial charge in [-0.05, 0) is 31.2 Å². The van der Waals surface area contributed by atoms with Gasteiger partial charge in [-0.25, -0.2) is 0 Å². The fourth-order valence-corrected chi connectivity index (χ4v) is 1.94. The second kappa shape index (κ2) is 7.81. The van der Waals surface area contributed by atoms with Gasteiger partial charge in [0.2, 0.25) is 0 Å². The molecule has 2 aromatic rings. The number of alkyl halides is 3. The zero-order valence-corrected chi connectivity index (χ0v) is 13.9. The first-order valence-electron chi connectivity index (χ1n) is 7.40. The summed E-state index contributed by atoms with van der Waals surface area (Å²) in [7, 11) is 1.46. The van der Waals surface area contributed by atoms with Gasteiger partial charge in [0.05, 0.1) is 12.8 Å². The number of ether oxygens (including phenoxy) is 1. The van der Waals surface area contributed by atoms with Crippen molar-refractivity contribution in [3.8, 4) is 5.75 Å². The number of carbonyl (C=O) groups is 1. The molecule has 5 nitrogen and oxygen atoms in total. The molecule has 0 unspecified atom stereocenters. The third-order valence-corrected chi connectivity index (χ3v) is 3.36. The van der Waals surface area contributed by atoms with Crippen LogP contribution in [0.5, 0.6) is 5.75 Å². The van der Waals surface area contributed by atoms with Crippen LogP contribution in [0.25, 0.3) is 5.76 Å². The standard InChI is InChI=1S/C18H15F3N2O3/c1-11-3-5-12(6-4-11)16(24)15(17(25)18(19,20)21)23-22-13-7-9-14(26-2)10-8-13/h3-10,24H,1-2H3/b16-15+,23-22?. The van der Waals surface area contributed by atoms with E-state index in [1.807, 2.05) is 0 Å². The number of benzene rings is 2. The van der Waals surface area contributed by atoms with Gasteiger partial charge in [-0.15, -0.1) is 5.11 Å². The smallest absolute Gasteiger partial charge is 0.456 e. The largest absolute Gasteiger partial charge is 0.505 e. The van der Waals surface area contributed by atoms with Crippen LogP contribution >= 0.6 is 0 Å². The molecule has 0 saturated heterocycles. The predicted octanol–water partition coefficient (Wildman–Crippen LogP) is 5.15. The average molecular weight is 364 g/mol. The van der Waals surface area contributed by atoms with Crippen molar-refractivity contribution < 1.29 is 27.8 Å². The number of methoxy groups -OCH3 is 1. The lowest BCUT2D eigenvalue weighted by Crippen LogP contribution is -2.24. The van der Waals surface area contributed by atoms with Crippen LogP contribution < -0.4 is 4.74 Å². The molecule has 136 valence electrons. The molecule has 0 saturated carbocycles. The minimum absolute atomic E-state index is 0.0249. The molecule has 0 spiro atoms. The summed E-state index contributed by atoms with van der Waals surface area (Å²) >= 11 is 0. The van der Waals surface area contributed by atoms with Gasteiger partial charge in [-0.3, -0.25) is 4.79 Å². The fraction of sp³-hybridized carbons (Fsp3) is 0.167. The van der Waals surface area contributed by atoms with E-state index in [9.17, 15) is 23.1 Å². The number of nitrogens with zero attached hydrogens (tertiary/aromatic N) is 2. The maximum atomic E-state index is 12.9. The average Bonchev–Trinajstić information content (AvgIpc) is 2.62. The molecule has 0 radical (unpaired) electrons. The van der Waals surface area contributed by atoms with E-state index in [0.717, 1.165) is 5.56 Å². The molecule has 8 heteroatoms. The van der Waals surface area contributed by atoms with Crippen molar-refractivity contribution in [1.82, 2.24) is 0 Å². The van der Waals surface area contributed by atoms with Crippen LogP contribution in [-0.2, 0) is 4.79 Å². The van der Waals surface area contributed by atoms with E-state index in [4.69, 9.17) is 4.74 Å². The number of allylic oxidation sites excluding steroid dienone is 1. The van der Waals surface area contributed by atoms with E-state index in [-0.39, 0.29) is 11.3 Å². The maximum Gasteiger partial charge on any atom is 0.456 e. The highest BCUT2D eigenvalue weighted by Gasteiger charge is 2.43. The number of aryl methyl sites for hydroxylation is 1. The molecule has 2 aromatic carbocycles. The predicted molar refractivity (Wildman–Crippen MR) is 89.3 cm³/mol. The Morgan fingerprint density at radius 3 is 2.12 bits per heavy atom. The van der Waals surface area contributed by atoms with Crippen LogP contribution in [0.15, 0.2) is 64.5 Å². The normalized spacial score (nSPS) is 12.8. The van der Waals surface area contributed by atoms with Gasteiger partial charge in [-0.2, -0.15) is 18.3 Å². The quantitative estimate of drug-likeness (QED) is 0.453. The first-order valence-corrected chi connectivity index (χ1v) is 7.40. The highest BCUT2D eigenvalue weighted by atomic mass is 19.4. The molecule has 0 amide bonds. The van der Waals surface area contributed by atoms with E-state index in [1.165, 1.54) is 43.5 Å². The number of rotatable bonds is 5. The van der Waals surface area contributed by atoms with Gasteiger partial charge < -0.3 is 9.84 Å². The number of aliphatic hydroxyl groups excluding tert-OH is 1. The molecule has 0 aromatic heterocycles. The summed E-state index contributed by atoms with van der Waals surface area (Å²) in [5, 5.41) is 17.1. The van der Waals surface area contributed by atoms with Gasteiger partial charge in [0.25, 0.3) is 5.78 Å². The topological polar surface area (TPSA) is 71.2 Å². The van der Waals surface area contributed by atoms with E-state index < -0.39 is 23.4 Å². The van der Waals surface area contributed by atoms with Gasteiger partial charge in [0.15, 0.2) is 11.5 Å². The lowest BCUT2D eigenvalue weighted by atomic mass is 10.1. The SMILES string of the molecule is COc1ccc(N=N/C(C(=O)C(F)(F)F)=C(/O)c2ccc(C)cc2)cc1. The molecule has 26 heavy (non-hydrogen) atoms. The Labute approximate surface area is 147 Å². The van der Waals surface area contributed by atoms with E-state index >= 15 is 0 Å². The Hall–Kier alpha value is -3.16. The molecule has 1 N–H and O–H groups in total. The third kappa shape index (κ3) is 4.69. The second-order valence-electron chi connectivity index (χ2n) is 5.29. The minimum atomic E-state index is -5.20. The highest BCUT2D eigenvalue weighted by molar-refractivity contribution is 6.04. The Morgan fingerprint density at radius 1 is 1.04 bits per heavy atom. The van der Waals surface area contributed by atoms with Gasteiger partial charge in [0, 0.05) is 5.56 Å². The van der Waals surface area contributed by atoms with Crippen LogP contribution in [-0.4, -0.2) is 24.2 Å². The van der Waals surface area contributed by atoms with Gasteiger partial charge in [0.1, 0.15) is 5.75 Å². The number of carbonyl (C=O) groups excluding carboxylic acids is 1. The number of azo groups is 1. The van der Waals surface area contributed by atoms with Crippen LogP contribution in [0.2, 0.25) is 0 Å². The highest BCUT2D eigenvalue weighted by Crippen LogP contribution is 2.28. The monoisotopic (exact) mass is 364 g/mol. The molecule has 0 heterocycles. The van der Waals surface area contributed by atoms with Crippen molar-refractivity contribution in [3.05, 3.63) is 65.4 Å². The Bertz CT molecular complexity index is 839. The van der Waals surface area contributed by atoms with Crippen molar-refractivity contribution in [2.24, 2.45) is 10.2 Å². The van der Waals surface area contributed by atoms with Crippen molar-refractivity contribution in [1.29, 1.82) is 0 Å². The zero-order chi connectivity index (χ0) is 19.3. The lowest BCUT2D eigenvalue weighted by molar-refractivity contribution is -0.166. The van der Waals surface area contributed by atoms with Crippen LogP contribution in [0.4, 0.5) is 18.9 Å². The Kier molecular flexibility index (Phi) is 5.76. The summed E-state index contributed by atoms with van der Waals surface area (Å²) in [6.07, 6.45) is -5.20. The number of aliphatic hydroxyl groups is 1. The summed E-state index contributed by atoms with van der Waals surface area (Å²) in [5.41, 5.74) is -0.130. The third-order valence-electron chi connectivity index (χ3n) is 3.36. The van der Waals surface area contributed by atoms with Gasteiger partial charge >= 0.3 is 6.18 Å². The lowest BCUT2D eigenvalue weighted by Gasteiger charge is -2.08. The maximum absolute atomic E-state index is 12.9. The Balaban J connectivity index is 2.46. The second-order valence-corrected chi connectivity index (χ2v) is 5.29. The number of hydrogen-bond donors (Lipinski definition) is 1. The minimum Gasteiger partial charge on any atom is -0.505 e. The first kappa shape index (κ1) is 19.2. The van der Waals surface area contributed by atoms with Crippen molar-refractivity contribution in [2.45, 2.75) is 13.1 Å². The van der Waals surface area contributed by atoms with Crippen molar-refractivity contribution in [2.75, 3.05) is 7.11 Å². The first-order chi connectivity index (χ1) is 12.2. The summed E-state index contributed by atoms with van der Waals surface area (Å²) in [6, 6.07) is 11.9. The van der Waals surface area contributed by atoms with Crippen LogP contribution in [0.1, 0.15) is 11.1 Å². The molecule has 0 aliphatic carbocycles. The number of hydrogen-bond acceptors (Lipinski definition) is 5. The number of halogens is 3. The van der Waals surface area contributed by atoms with Crippen molar-refractivity contribution >= 4 is 17.2 Å². The molecule has 0 atom stereocenters.